The highest BCUT2D eigenvalue weighted by atomic mass is 35.5. The van der Waals surface area contributed by atoms with Crippen LogP contribution in [0.5, 0.6) is 5.75 Å². The molecule has 0 bridgehead atoms. The summed E-state index contributed by atoms with van der Waals surface area (Å²) in [7, 11) is 0. The monoisotopic (exact) mass is 388 g/mol. The average Bonchev–Trinajstić information content (AvgIpc) is 3.06. The van der Waals surface area contributed by atoms with Gasteiger partial charge in [0.2, 0.25) is 0 Å². The van der Waals surface area contributed by atoms with Crippen molar-refractivity contribution in [3.8, 4) is 5.75 Å². The van der Waals surface area contributed by atoms with Crippen LogP contribution in [-0.4, -0.2) is 11.2 Å². The molecule has 2 aromatic carbocycles. The summed E-state index contributed by atoms with van der Waals surface area (Å²) in [6.07, 6.45) is 4.55. The first-order valence-electron chi connectivity index (χ1n) is 9.09. The number of hydrogen-bond donors (Lipinski definition) is 2. The average molecular weight is 389 g/mol. The summed E-state index contributed by atoms with van der Waals surface area (Å²) in [6.45, 7) is 4.03. The smallest absolute Gasteiger partial charge is 0.171 e. The van der Waals surface area contributed by atoms with E-state index in [9.17, 15) is 0 Å². The Morgan fingerprint density at radius 2 is 1.73 bits per heavy atom. The minimum absolute atomic E-state index is 0.161. The zero-order chi connectivity index (χ0) is 18.6. The fourth-order valence-electron chi connectivity index (χ4n) is 3.56. The van der Waals surface area contributed by atoms with E-state index in [4.69, 9.17) is 28.6 Å². The second-order valence-electron chi connectivity index (χ2n) is 7.04. The molecule has 2 aromatic rings. The van der Waals surface area contributed by atoms with E-state index in [-0.39, 0.29) is 11.6 Å². The normalized spacial score (nSPS) is 15.7. The van der Waals surface area contributed by atoms with Gasteiger partial charge in [0, 0.05) is 10.7 Å². The van der Waals surface area contributed by atoms with E-state index < -0.39 is 0 Å². The van der Waals surface area contributed by atoms with Gasteiger partial charge in [0.25, 0.3) is 0 Å². The van der Waals surface area contributed by atoms with Gasteiger partial charge in [0.05, 0.1) is 11.6 Å². The second kappa shape index (κ2) is 8.28. The first-order valence-corrected chi connectivity index (χ1v) is 9.88. The standard InChI is InChI=1S/C21H25ClN2OS/c1-15(2)25-17-11-9-16(10-12-17)23-20(26)24-21(13-5-6-14-21)18-7-3-4-8-19(18)22/h3-4,7-12,15H,5-6,13-14H2,1-2H3,(H2,23,24,26). The largest absolute Gasteiger partial charge is 0.491 e. The van der Waals surface area contributed by atoms with Crippen molar-refractivity contribution in [2.75, 3.05) is 5.32 Å². The molecule has 1 fully saturated rings. The van der Waals surface area contributed by atoms with Gasteiger partial charge < -0.3 is 15.4 Å². The Morgan fingerprint density at radius 3 is 2.35 bits per heavy atom. The summed E-state index contributed by atoms with van der Waals surface area (Å²) in [4.78, 5) is 0. The van der Waals surface area contributed by atoms with Crippen LogP contribution in [0.1, 0.15) is 45.1 Å². The van der Waals surface area contributed by atoms with Gasteiger partial charge >= 0.3 is 0 Å². The van der Waals surface area contributed by atoms with Crippen LogP contribution in [0.15, 0.2) is 48.5 Å². The molecule has 0 spiro atoms. The summed E-state index contributed by atoms with van der Waals surface area (Å²) < 4.78 is 5.68. The molecule has 0 saturated heterocycles. The highest BCUT2D eigenvalue weighted by Gasteiger charge is 2.37. The molecule has 3 rings (SSSR count). The van der Waals surface area contributed by atoms with Crippen LogP contribution in [0.25, 0.3) is 0 Å². The fraction of sp³-hybridized carbons (Fsp3) is 0.381. The molecule has 0 atom stereocenters. The van der Waals surface area contributed by atoms with E-state index >= 15 is 0 Å². The van der Waals surface area contributed by atoms with Crippen molar-refractivity contribution >= 4 is 34.6 Å². The highest BCUT2D eigenvalue weighted by molar-refractivity contribution is 7.80. The Bertz CT molecular complexity index is 755. The molecule has 0 heterocycles. The summed E-state index contributed by atoms with van der Waals surface area (Å²) in [6, 6.07) is 15.9. The number of benzene rings is 2. The van der Waals surface area contributed by atoms with Gasteiger partial charge in [0.15, 0.2) is 5.11 Å². The SMILES string of the molecule is CC(C)Oc1ccc(NC(=S)NC2(c3ccccc3Cl)CCCC2)cc1. The van der Waals surface area contributed by atoms with Crippen molar-refractivity contribution in [2.45, 2.75) is 51.2 Å². The van der Waals surface area contributed by atoms with Crippen molar-refractivity contribution in [2.24, 2.45) is 0 Å². The predicted molar refractivity (Wildman–Crippen MR) is 113 cm³/mol. The second-order valence-corrected chi connectivity index (χ2v) is 7.85. The maximum Gasteiger partial charge on any atom is 0.171 e. The van der Waals surface area contributed by atoms with E-state index in [0.29, 0.717) is 5.11 Å². The molecule has 0 unspecified atom stereocenters. The van der Waals surface area contributed by atoms with E-state index in [0.717, 1.165) is 34.9 Å². The molecule has 138 valence electrons. The van der Waals surface area contributed by atoms with Gasteiger partial charge in [-0.25, -0.2) is 0 Å². The predicted octanol–water partition coefficient (Wildman–Crippen LogP) is 5.88. The van der Waals surface area contributed by atoms with Crippen LogP contribution < -0.4 is 15.4 Å². The summed E-state index contributed by atoms with van der Waals surface area (Å²) in [5, 5.41) is 8.24. The van der Waals surface area contributed by atoms with E-state index in [1.807, 2.05) is 56.3 Å². The Balaban J connectivity index is 1.70. The van der Waals surface area contributed by atoms with Crippen LogP contribution in [0, 0.1) is 0 Å². The molecule has 5 heteroatoms. The van der Waals surface area contributed by atoms with Crippen LogP contribution in [0.4, 0.5) is 5.69 Å². The molecule has 26 heavy (non-hydrogen) atoms. The summed E-state index contributed by atoms with van der Waals surface area (Å²) in [5.41, 5.74) is 1.87. The maximum atomic E-state index is 6.48. The molecule has 1 saturated carbocycles. The lowest BCUT2D eigenvalue weighted by Gasteiger charge is -2.33. The molecule has 1 aliphatic carbocycles. The minimum Gasteiger partial charge on any atom is -0.491 e. The minimum atomic E-state index is -0.191. The number of thiocarbonyl (C=S) groups is 1. The van der Waals surface area contributed by atoms with Crippen molar-refractivity contribution in [1.29, 1.82) is 0 Å². The number of rotatable bonds is 5. The third-order valence-corrected chi connectivity index (χ3v) is 5.22. The molecule has 0 aromatic heterocycles. The number of hydrogen-bond acceptors (Lipinski definition) is 2. The maximum absolute atomic E-state index is 6.48. The fourth-order valence-corrected chi connectivity index (χ4v) is 4.19. The van der Waals surface area contributed by atoms with Gasteiger partial charge in [-0.15, -0.1) is 0 Å². The van der Waals surface area contributed by atoms with Crippen molar-refractivity contribution in [3.63, 3.8) is 0 Å². The topological polar surface area (TPSA) is 33.3 Å². The Labute approximate surface area is 166 Å². The summed E-state index contributed by atoms with van der Waals surface area (Å²) in [5.74, 6) is 0.854. The Hall–Kier alpha value is -1.78. The van der Waals surface area contributed by atoms with Crippen LogP contribution in [0.3, 0.4) is 0 Å². The highest BCUT2D eigenvalue weighted by Crippen LogP contribution is 2.41. The lowest BCUT2D eigenvalue weighted by Crippen LogP contribution is -2.45. The van der Waals surface area contributed by atoms with Crippen molar-refractivity contribution < 1.29 is 4.74 Å². The first kappa shape index (κ1) is 19.0. The van der Waals surface area contributed by atoms with E-state index in [2.05, 4.69) is 16.7 Å². The number of halogens is 1. The van der Waals surface area contributed by atoms with Gasteiger partial charge in [-0.3, -0.25) is 0 Å². The number of nitrogens with one attached hydrogen (secondary N) is 2. The Morgan fingerprint density at radius 1 is 1.08 bits per heavy atom. The number of anilines is 1. The number of ether oxygens (including phenoxy) is 1. The third-order valence-electron chi connectivity index (χ3n) is 4.68. The van der Waals surface area contributed by atoms with Gasteiger partial charge in [0.1, 0.15) is 5.75 Å². The molecule has 1 aliphatic rings. The van der Waals surface area contributed by atoms with Gasteiger partial charge in [-0.1, -0.05) is 42.6 Å². The quantitative estimate of drug-likeness (QED) is 0.626. The van der Waals surface area contributed by atoms with Crippen molar-refractivity contribution in [3.05, 3.63) is 59.1 Å². The third kappa shape index (κ3) is 4.49. The lowest BCUT2D eigenvalue weighted by molar-refractivity contribution is 0.242. The zero-order valence-corrected chi connectivity index (χ0v) is 16.8. The van der Waals surface area contributed by atoms with E-state index in [1.165, 1.54) is 12.8 Å². The van der Waals surface area contributed by atoms with Crippen molar-refractivity contribution in [1.82, 2.24) is 5.32 Å². The van der Waals surface area contributed by atoms with E-state index in [1.54, 1.807) is 0 Å². The van der Waals surface area contributed by atoms with Crippen LogP contribution >= 0.6 is 23.8 Å². The molecule has 2 N–H and O–H groups in total. The van der Waals surface area contributed by atoms with Crippen LogP contribution in [-0.2, 0) is 5.54 Å². The lowest BCUT2D eigenvalue weighted by atomic mass is 9.88. The molecule has 0 amide bonds. The van der Waals surface area contributed by atoms with Gasteiger partial charge in [-0.05, 0) is 74.8 Å². The molecular weight excluding hydrogens is 364 g/mol. The molecule has 0 radical (unpaired) electrons. The van der Waals surface area contributed by atoms with Crippen LogP contribution in [0.2, 0.25) is 5.02 Å². The molecule has 3 nitrogen and oxygen atoms in total. The summed E-state index contributed by atoms with van der Waals surface area (Å²) >= 11 is 12.1. The van der Waals surface area contributed by atoms with Gasteiger partial charge in [-0.2, -0.15) is 0 Å². The molecule has 0 aliphatic heterocycles. The first-order chi connectivity index (χ1) is 12.5. The Kier molecular flexibility index (Phi) is 6.05. The molecular formula is C21H25ClN2OS. The zero-order valence-electron chi connectivity index (χ0n) is 15.2.